The summed E-state index contributed by atoms with van der Waals surface area (Å²) in [5, 5.41) is 3.32. The molecule has 1 N–H and O–H groups in total. The number of nitrogens with one attached hydrogen (secondary N) is 1. The molecule has 86 valence electrons. The molecule has 1 aliphatic rings. The summed E-state index contributed by atoms with van der Waals surface area (Å²) in [4.78, 5) is 0. The fourth-order valence-electron chi connectivity index (χ4n) is 1.98. The molecule has 0 radical (unpaired) electrons. The molecule has 1 aromatic rings. The van der Waals surface area contributed by atoms with Crippen molar-refractivity contribution in [2.75, 3.05) is 6.54 Å². The topological polar surface area (TPSA) is 21.3 Å². The number of terminal acetylenes is 1. The predicted octanol–water partition coefficient (Wildman–Crippen LogP) is 2.29. The van der Waals surface area contributed by atoms with Gasteiger partial charge in [-0.25, -0.2) is 0 Å². The Hall–Kier alpha value is -1.01. The number of ether oxygens (including phenoxy) is 1. The van der Waals surface area contributed by atoms with Crippen molar-refractivity contribution >= 4 is 12.4 Å². The van der Waals surface area contributed by atoms with Crippen molar-refractivity contribution in [3.8, 4) is 12.3 Å². The van der Waals surface area contributed by atoms with Crippen molar-refractivity contribution in [1.29, 1.82) is 0 Å². The van der Waals surface area contributed by atoms with Crippen LogP contribution in [0.1, 0.15) is 24.1 Å². The van der Waals surface area contributed by atoms with Crippen molar-refractivity contribution in [1.82, 2.24) is 5.32 Å². The maximum Gasteiger partial charge on any atom is 0.0746 e. The lowest BCUT2D eigenvalue weighted by Gasteiger charge is -2.31. The van der Waals surface area contributed by atoms with Gasteiger partial charge in [0.1, 0.15) is 0 Å². The van der Waals surface area contributed by atoms with Crippen LogP contribution in [0.3, 0.4) is 0 Å². The van der Waals surface area contributed by atoms with Gasteiger partial charge < -0.3 is 4.74 Å². The highest BCUT2D eigenvalue weighted by atomic mass is 35.5. The van der Waals surface area contributed by atoms with Crippen LogP contribution in [-0.4, -0.2) is 12.6 Å². The van der Waals surface area contributed by atoms with Gasteiger partial charge in [-0.3, -0.25) is 5.32 Å². The van der Waals surface area contributed by atoms with Crippen molar-refractivity contribution < 1.29 is 4.74 Å². The average Bonchev–Trinajstić information content (AvgIpc) is 2.28. The van der Waals surface area contributed by atoms with E-state index in [1.165, 1.54) is 11.1 Å². The van der Waals surface area contributed by atoms with Crippen LogP contribution in [-0.2, 0) is 11.3 Å². The average molecular weight is 238 g/mol. The number of hydrogen-bond acceptors (Lipinski definition) is 2. The molecule has 0 saturated carbocycles. The number of fused-ring (bicyclic) bond motifs is 1. The summed E-state index contributed by atoms with van der Waals surface area (Å²) in [5.74, 6) is 2.60. The molecule has 2 nitrogen and oxygen atoms in total. The highest BCUT2D eigenvalue weighted by Crippen LogP contribution is 2.28. The Balaban J connectivity index is 0.00000128. The van der Waals surface area contributed by atoms with Gasteiger partial charge in [0.05, 0.1) is 25.3 Å². The molecule has 0 bridgehead atoms. The molecule has 1 heterocycles. The minimum Gasteiger partial charge on any atom is -0.372 e. The molecule has 1 aliphatic heterocycles. The van der Waals surface area contributed by atoms with Crippen LogP contribution in [0.2, 0.25) is 0 Å². The fraction of sp³-hybridized carbons (Fsp3) is 0.385. The van der Waals surface area contributed by atoms with E-state index in [-0.39, 0.29) is 24.6 Å². The highest BCUT2D eigenvalue weighted by molar-refractivity contribution is 5.85. The molecule has 0 aliphatic carbocycles. The smallest absolute Gasteiger partial charge is 0.0746 e. The van der Waals surface area contributed by atoms with Gasteiger partial charge in [0.15, 0.2) is 0 Å². The fourth-order valence-corrected chi connectivity index (χ4v) is 1.98. The van der Waals surface area contributed by atoms with Crippen molar-refractivity contribution in [3.63, 3.8) is 0 Å². The molecular formula is C13H16ClNO. The Morgan fingerprint density at radius 1 is 1.50 bits per heavy atom. The molecule has 3 heteroatoms. The monoisotopic (exact) mass is 237 g/mol. The third kappa shape index (κ3) is 2.56. The zero-order valence-corrected chi connectivity index (χ0v) is 10.1. The molecule has 0 unspecified atom stereocenters. The molecule has 1 aromatic carbocycles. The van der Waals surface area contributed by atoms with E-state index in [0.29, 0.717) is 13.2 Å². The molecule has 2 rings (SSSR count). The van der Waals surface area contributed by atoms with Crippen molar-refractivity contribution in [3.05, 3.63) is 35.4 Å². The first-order chi connectivity index (χ1) is 7.33. The first-order valence-electron chi connectivity index (χ1n) is 5.19. The van der Waals surface area contributed by atoms with E-state index in [1.807, 2.05) is 6.07 Å². The van der Waals surface area contributed by atoms with Gasteiger partial charge in [-0.05, 0) is 18.1 Å². The molecule has 0 aromatic heterocycles. The number of rotatable bonds is 2. The lowest BCUT2D eigenvalue weighted by atomic mass is 9.94. The van der Waals surface area contributed by atoms with E-state index in [9.17, 15) is 0 Å². The van der Waals surface area contributed by atoms with Gasteiger partial charge in [-0.15, -0.1) is 18.8 Å². The number of hydrogen-bond donors (Lipinski definition) is 1. The third-order valence-electron chi connectivity index (χ3n) is 2.79. The van der Waals surface area contributed by atoms with Gasteiger partial charge in [-0.1, -0.05) is 30.2 Å². The van der Waals surface area contributed by atoms with Gasteiger partial charge in [0.2, 0.25) is 0 Å². The van der Waals surface area contributed by atoms with Gasteiger partial charge in [0.25, 0.3) is 0 Å². The van der Waals surface area contributed by atoms with E-state index in [0.717, 1.165) is 0 Å². The van der Waals surface area contributed by atoms with Crippen LogP contribution < -0.4 is 5.32 Å². The second kappa shape index (κ2) is 5.91. The summed E-state index contributed by atoms with van der Waals surface area (Å²) in [6, 6.07) is 8.55. The summed E-state index contributed by atoms with van der Waals surface area (Å²) in [6.45, 7) is 3.35. The summed E-state index contributed by atoms with van der Waals surface area (Å²) in [6.07, 6.45) is 5.43. The van der Waals surface area contributed by atoms with E-state index in [2.05, 4.69) is 36.4 Å². The maximum atomic E-state index is 5.68. The van der Waals surface area contributed by atoms with Gasteiger partial charge >= 0.3 is 0 Å². The molecular weight excluding hydrogens is 222 g/mol. The first-order valence-corrected chi connectivity index (χ1v) is 5.19. The summed E-state index contributed by atoms with van der Waals surface area (Å²) < 4.78 is 5.68. The molecule has 0 spiro atoms. The second-order valence-corrected chi connectivity index (χ2v) is 3.78. The van der Waals surface area contributed by atoms with Crippen LogP contribution in [0.5, 0.6) is 0 Å². The van der Waals surface area contributed by atoms with Crippen LogP contribution >= 0.6 is 12.4 Å². The largest absolute Gasteiger partial charge is 0.372 e. The molecule has 2 atom stereocenters. The quantitative estimate of drug-likeness (QED) is 0.797. The summed E-state index contributed by atoms with van der Waals surface area (Å²) >= 11 is 0. The Morgan fingerprint density at radius 2 is 2.25 bits per heavy atom. The SMILES string of the molecule is C#CCN[C@@H]1c2ccccc2CO[C@H]1C.Cl. The lowest BCUT2D eigenvalue weighted by molar-refractivity contribution is 0.0126. The van der Waals surface area contributed by atoms with E-state index in [4.69, 9.17) is 11.2 Å². The van der Waals surface area contributed by atoms with Crippen LogP contribution in [0.15, 0.2) is 24.3 Å². The third-order valence-corrected chi connectivity index (χ3v) is 2.79. The zero-order chi connectivity index (χ0) is 10.7. The Morgan fingerprint density at radius 3 is 3.00 bits per heavy atom. The molecule has 16 heavy (non-hydrogen) atoms. The standard InChI is InChI=1S/C13H15NO.ClH/c1-3-8-14-13-10(2)15-9-11-6-4-5-7-12(11)13;/h1,4-7,10,13-14H,8-9H2,2H3;1H/t10-,13-;/m0./s1. The Bertz CT molecular complexity index is 386. The summed E-state index contributed by atoms with van der Waals surface area (Å²) in [5.41, 5.74) is 2.57. The first kappa shape index (κ1) is 13.1. The second-order valence-electron chi connectivity index (χ2n) is 3.78. The zero-order valence-electron chi connectivity index (χ0n) is 9.27. The number of halogens is 1. The molecule has 0 saturated heterocycles. The van der Waals surface area contributed by atoms with Gasteiger partial charge in [-0.2, -0.15) is 0 Å². The number of benzene rings is 1. The Kier molecular flexibility index (Phi) is 4.82. The van der Waals surface area contributed by atoms with Crippen LogP contribution in [0, 0.1) is 12.3 Å². The van der Waals surface area contributed by atoms with Crippen molar-refractivity contribution in [2.24, 2.45) is 0 Å². The normalized spacial score (nSPS) is 22.8. The Labute approximate surface area is 103 Å². The van der Waals surface area contributed by atoms with E-state index in [1.54, 1.807) is 0 Å². The minimum atomic E-state index is 0. The predicted molar refractivity (Wildman–Crippen MR) is 67.5 cm³/mol. The summed E-state index contributed by atoms with van der Waals surface area (Å²) in [7, 11) is 0. The van der Waals surface area contributed by atoms with Crippen LogP contribution in [0.25, 0.3) is 0 Å². The molecule has 0 fully saturated rings. The van der Waals surface area contributed by atoms with Crippen molar-refractivity contribution in [2.45, 2.75) is 25.7 Å². The lowest BCUT2D eigenvalue weighted by Crippen LogP contribution is -2.36. The van der Waals surface area contributed by atoms with Crippen LogP contribution in [0.4, 0.5) is 0 Å². The van der Waals surface area contributed by atoms with E-state index < -0.39 is 0 Å². The molecule has 0 amide bonds. The minimum absolute atomic E-state index is 0. The highest BCUT2D eigenvalue weighted by Gasteiger charge is 2.25. The van der Waals surface area contributed by atoms with E-state index >= 15 is 0 Å². The van der Waals surface area contributed by atoms with Gasteiger partial charge in [0, 0.05) is 0 Å². The maximum absolute atomic E-state index is 5.68.